The van der Waals surface area contributed by atoms with E-state index in [9.17, 15) is 42.3 Å². The predicted octanol–water partition coefficient (Wildman–Crippen LogP) is 4.59. The van der Waals surface area contributed by atoms with Gasteiger partial charge in [-0.3, -0.25) is 29.0 Å². The molecule has 1 aromatic heterocycles. The number of ketones is 2. The van der Waals surface area contributed by atoms with Crippen LogP contribution in [0.5, 0.6) is 0 Å². The molecule has 3 rings (SSSR count). The topological polar surface area (TPSA) is 169 Å². The monoisotopic (exact) mass is 696 g/mol. The summed E-state index contributed by atoms with van der Waals surface area (Å²) < 4.78 is 39.8. The van der Waals surface area contributed by atoms with E-state index in [1.807, 2.05) is 6.07 Å². The van der Waals surface area contributed by atoms with Crippen LogP contribution in [-0.4, -0.2) is 63.7 Å². The van der Waals surface area contributed by atoms with Crippen LogP contribution < -0.4 is 16.4 Å². The van der Waals surface area contributed by atoms with Gasteiger partial charge in [0.2, 0.25) is 17.7 Å². The second kappa shape index (κ2) is 18.2. The molecule has 3 aromatic rings. The second-order valence-corrected chi connectivity index (χ2v) is 12.7. The summed E-state index contributed by atoms with van der Waals surface area (Å²) >= 11 is 0. The van der Waals surface area contributed by atoms with Crippen LogP contribution in [0.15, 0.2) is 79.1 Å². The molecule has 268 valence electrons. The number of aliphatic hydroxyl groups is 1. The van der Waals surface area contributed by atoms with E-state index in [2.05, 4.69) is 15.6 Å². The lowest BCUT2D eigenvalue weighted by atomic mass is 9.87. The molecule has 0 saturated carbocycles. The number of halogens is 3. The Balaban J connectivity index is 1.74. The number of hydrogen-bond acceptors (Lipinski definition) is 7. The molecule has 1 heterocycles. The van der Waals surface area contributed by atoms with Crippen molar-refractivity contribution >= 4 is 29.3 Å². The summed E-state index contributed by atoms with van der Waals surface area (Å²) in [6, 6.07) is 16.4. The summed E-state index contributed by atoms with van der Waals surface area (Å²) in [5, 5.41) is 14.7. The van der Waals surface area contributed by atoms with E-state index in [0.717, 1.165) is 11.1 Å². The smallest absolute Gasteiger partial charge is 0.382 e. The molecule has 13 heteroatoms. The van der Waals surface area contributed by atoms with Crippen LogP contribution >= 0.6 is 0 Å². The molecule has 50 heavy (non-hydrogen) atoms. The van der Waals surface area contributed by atoms with Gasteiger partial charge in [0.25, 0.3) is 0 Å². The zero-order valence-electron chi connectivity index (χ0n) is 28.2. The number of rotatable bonds is 18. The fourth-order valence-electron chi connectivity index (χ4n) is 5.40. The molecule has 0 bridgehead atoms. The van der Waals surface area contributed by atoms with Crippen molar-refractivity contribution in [2.45, 2.75) is 77.2 Å². The summed E-state index contributed by atoms with van der Waals surface area (Å²) in [5.41, 5.74) is 7.92. The maximum absolute atomic E-state index is 13.7. The standard InChI is InChI=1S/C37H43F3N4O6/c1-22(2)28(20-31(45)26-13-11-25(12-14-26)27-10-7-17-42-21-27)36(50)44-30(19-24-8-5-4-6-9-24)32(46)18-23(3)35(49)43-29(15-16-33(41)47)34(48)37(38,39)40/h4-14,17,21-23,28-30,34,48H,15-16,18-20H2,1-3H3,(H2,41,47)(H,43,49)(H,44,50)/t23-,28+,29?,30+,34?/m1/s1. The lowest BCUT2D eigenvalue weighted by Crippen LogP contribution is -2.52. The van der Waals surface area contributed by atoms with E-state index < -0.39 is 79.0 Å². The Morgan fingerprint density at radius 1 is 0.840 bits per heavy atom. The van der Waals surface area contributed by atoms with E-state index >= 15 is 0 Å². The number of alkyl halides is 3. The average Bonchev–Trinajstić information content (AvgIpc) is 3.08. The normalized spacial score (nSPS) is 14.6. The van der Waals surface area contributed by atoms with Crippen LogP contribution in [-0.2, 0) is 25.6 Å². The molecule has 0 aliphatic carbocycles. The van der Waals surface area contributed by atoms with Gasteiger partial charge in [-0.15, -0.1) is 0 Å². The van der Waals surface area contributed by atoms with E-state index in [1.165, 1.54) is 6.92 Å². The fraction of sp³-hybridized carbons (Fsp3) is 0.405. The number of benzene rings is 2. The quantitative estimate of drug-likeness (QED) is 0.141. The lowest BCUT2D eigenvalue weighted by molar-refractivity contribution is -0.213. The molecule has 5 atom stereocenters. The van der Waals surface area contributed by atoms with Crippen molar-refractivity contribution in [3.8, 4) is 11.1 Å². The SMILES string of the molecule is CC(C)[C@H](CC(=O)c1ccc(-c2cccnc2)cc1)C(=O)N[C@@H](Cc1ccccc1)C(=O)C[C@@H](C)C(=O)NC(CCC(N)=O)C(O)C(F)(F)F. The van der Waals surface area contributed by atoms with E-state index in [-0.39, 0.29) is 24.5 Å². The predicted molar refractivity (Wildman–Crippen MR) is 180 cm³/mol. The lowest BCUT2D eigenvalue weighted by Gasteiger charge is -2.27. The van der Waals surface area contributed by atoms with Crippen LogP contribution in [0.2, 0.25) is 0 Å². The molecule has 3 amide bonds. The third-order valence-electron chi connectivity index (χ3n) is 8.44. The average molecular weight is 697 g/mol. The second-order valence-electron chi connectivity index (χ2n) is 12.7. The molecule has 10 nitrogen and oxygen atoms in total. The van der Waals surface area contributed by atoms with Crippen molar-refractivity contribution < 1.29 is 42.3 Å². The number of nitrogens with one attached hydrogen (secondary N) is 2. The largest absolute Gasteiger partial charge is 0.416 e. The van der Waals surface area contributed by atoms with E-state index in [0.29, 0.717) is 11.1 Å². The first-order valence-electron chi connectivity index (χ1n) is 16.3. The molecule has 0 radical (unpaired) electrons. The molecule has 0 aliphatic rings. The number of primary amides is 1. The molecule has 0 aliphatic heterocycles. The van der Waals surface area contributed by atoms with Gasteiger partial charge in [-0.25, -0.2) is 0 Å². The molecule has 5 N–H and O–H groups in total. The van der Waals surface area contributed by atoms with Crippen LogP contribution in [0.25, 0.3) is 11.1 Å². The molecule has 0 fully saturated rings. The third-order valence-corrected chi connectivity index (χ3v) is 8.44. The molecule has 2 aromatic carbocycles. The van der Waals surface area contributed by atoms with Crippen molar-refractivity contribution in [1.29, 1.82) is 0 Å². The Kier molecular flexibility index (Phi) is 14.4. The summed E-state index contributed by atoms with van der Waals surface area (Å²) in [4.78, 5) is 68.8. The molecular weight excluding hydrogens is 653 g/mol. The number of pyridine rings is 1. The van der Waals surface area contributed by atoms with Crippen molar-refractivity contribution in [2.75, 3.05) is 0 Å². The van der Waals surface area contributed by atoms with E-state index in [4.69, 9.17) is 5.73 Å². The number of carbonyl (C=O) groups is 5. The minimum Gasteiger partial charge on any atom is -0.382 e. The zero-order valence-corrected chi connectivity index (χ0v) is 28.2. The summed E-state index contributed by atoms with van der Waals surface area (Å²) in [5.74, 6) is -5.49. The molecule has 0 spiro atoms. The minimum atomic E-state index is -5.09. The Bertz CT molecular complexity index is 1600. The fourth-order valence-corrected chi connectivity index (χ4v) is 5.40. The van der Waals surface area contributed by atoms with Gasteiger partial charge in [-0.05, 0) is 41.5 Å². The molecular formula is C37H43F3N4O6. The highest BCUT2D eigenvalue weighted by atomic mass is 19.4. The number of Topliss-reactive ketones (excluding diaryl/α,β-unsaturated/α-hetero) is 2. The van der Waals surface area contributed by atoms with Crippen molar-refractivity contribution in [3.05, 3.63) is 90.3 Å². The van der Waals surface area contributed by atoms with Gasteiger partial charge < -0.3 is 21.5 Å². The highest BCUT2D eigenvalue weighted by Gasteiger charge is 2.44. The van der Waals surface area contributed by atoms with E-state index in [1.54, 1.807) is 86.9 Å². The maximum atomic E-state index is 13.7. The van der Waals surface area contributed by atoms with Gasteiger partial charge in [-0.1, -0.05) is 81.4 Å². The molecule has 2 unspecified atom stereocenters. The number of amides is 3. The summed E-state index contributed by atoms with van der Waals surface area (Å²) in [6.07, 6.45) is -6.30. The first kappa shape index (κ1) is 39.5. The number of aromatic nitrogens is 1. The van der Waals surface area contributed by atoms with Crippen molar-refractivity contribution in [3.63, 3.8) is 0 Å². The summed E-state index contributed by atoms with van der Waals surface area (Å²) in [7, 11) is 0. The number of hydrogen-bond donors (Lipinski definition) is 4. The Labute approximate surface area is 289 Å². The highest BCUT2D eigenvalue weighted by molar-refractivity contribution is 6.00. The van der Waals surface area contributed by atoms with Crippen LogP contribution in [0.3, 0.4) is 0 Å². The zero-order chi connectivity index (χ0) is 37.0. The Hall–Kier alpha value is -4.91. The number of carbonyl (C=O) groups excluding carboxylic acids is 5. The summed E-state index contributed by atoms with van der Waals surface area (Å²) in [6.45, 7) is 4.90. The number of nitrogens with zero attached hydrogens (tertiary/aromatic N) is 1. The Morgan fingerprint density at radius 2 is 1.50 bits per heavy atom. The van der Waals surface area contributed by atoms with Gasteiger partial charge in [0.15, 0.2) is 17.7 Å². The third kappa shape index (κ3) is 11.9. The number of nitrogens with two attached hydrogens (primary N) is 1. The van der Waals surface area contributed by atoms with Gasteiger partial charge >= 0.3 is 6.18 Å². The number of aliphatic hydroxyl groups excluding tert-OH is 1. The van der Waals surface area contributed by atoms with Gasteiger partial charge in [-0.2, -0.15) is 13.2 Å². The van der Waals surface area contributed by atoms with Gasteiger partial charge in [0.1, 0.15) is 0 Å². The van der Waals surface area contributed by atoms with Crippen LogP contribution in [0.1, 0.15) is 62.4 Å². The minimum absolute atomic E-state index is 0.0579. The highest BCUT2D eigenvalue weighted by Crippen LogP contribution is 2.26. The van der Waals surface area contributed by atoms with Gasteiger partial charge in [0, 0.05) is 49.1 Å². The van der Waals surface area contributed by atoms with Crippen molar-refractivity contribution in [1.82, 2.24) is 15.6 Å². The Morgan fingerprint density at radius 3 is 2.06 bits per heavy atom. The maximum Gasteiger partial charge on any atom is 0.416 e. The first-order chi connectivity index (χ1) is 23.6. The van der Waals surface area contributed by atoms with Crippen molar-refractivity contribution in [2.24, 2.45) is 23.5 Å². The van der Waals surface area contributed by atoms with Crippen LogP contribution in [0, 0.1) is 17.8 Å². The first-order valence-corrected chi connectivity index (χ1v) is 16.3. The molecule has 0 saturated heterocycles. The van der Waals surface area contributed by atoms with Gasteiger partial charge in [0.05, 0.1) is 12.1 Å². The van der Waals surface area contributed by atoms with Crippen LogP contribution in [0.4, 0.5) is 13.2 Å².